The van der Waals surface area contributed by atoms with Crippen molar-refractivity contribution in [3.05, 3.63) is 29.1 Å². The van der Waals surface area contributed by atoms with Gasteiger partial charge in [0, 0.05) is 6.54 Å². The van der Waals surface area contributed by atoms with Crippen LogP contribution in [-0.4, -0.2) is 29.2 Å². The van der Waals surface area contributed by atoms with Gasteiger partial charge in [-0.2, -0.15) is 13.2 Å². The number of alkyl halides is 3. The smallest absolute Gasteiger partial charge is 0.341 e. The van der Waals surface area contributed by atoms with Crippen molar-refractivity contribution in [3.63, 3.8) is 0 Å². The highest BCUT2D eigenvalue weighted by molar-refractivity contribution is 5.79. The Morgan fingerprint density at radius 1 is 1.25 bits per heavy atom. The first-order valence-corrected chi connectivity index (χ1v) is 6.58. The average Bonchev–Trinajstić information content (AvgIpc) is 2.92. The molecule has 2 heterocycles. The number of halogens is 3. The summed E-state index contributed by atoms with van der Waals surface area (Å²) in [7, 11) is 0. The second kappa shape index (κ2) is 4.22. The molecule has 0 bridgehead atoms. The van der Waals surface area contributed by atoms with Crippen LogP contribution in [0.15, 0.2) is 12.1 Å². The second-order valence-electron chi connectivity index (χ2n) is 5.57. The SMILES string of the molecule is Cc1cc(C)c2nc(C3(C(F)(F)F)CCNC3)[nH]c2c1. The molecule has 0 aliphatic carbocycles. The van der Waals surface area contributed by atoms with Crippen molar-refractivity contribution in [3.8, 4) is 0 Å². The van der Waals surface area contributed by atoms with Crippen LogP contribution in [0, 0.1) is 13.8 Å². The quantitative estimate of drug-likeness (QED) is 0.844. The van der Waals surface area contributed by atoms with Gasteiger partial charge in [-0.05, 0) is 44.0 Å². The number of hydrogen-bond donors (Lipinski definition) is 2. The number of hydrogen-bond acceptors (Lipinski definition) is 2. The molecule has 0 spiro atoms. The first-order valence-electron chi connectivity index (χ1n) is 6.58. The fourth-order valence-corrected chi connectivity index (χ4v) is 2.97. The number of imidazole rings is 1. The molecule has 1 saturated heterocycles. The van der Waals surface area contributed by atoms with E-state index in [4.69, 9.17) is 0 Å². The highest BCUT2D eigenvalue weighted by Crippen LogP contribution is 2.44. The fourth-order valence-electron chi connectivity index (χ4n) is 2.97. The van der Waals surface area contributed by atoms with Gasteiger partial charge in [-0.25, -0.2) is 4.98 Å². The molecule has 2 N–H and O–H groups in total. The minimum absolute atomic E-state index is 0.0222. The number of nitrogens with one attached hydrogen (secondary N) is 2. The number of benzene rings is 1. The zero-order chi connectivity index (χ0) is 14.5. The first-order chi connectivity index (χ1) is 9.33. The Kier molecular flexibility index (Phi) is 2.83. The van der Waals surface area contributed by atoms with E-state index in [0.717, 1.165) is 11.1 Å². The zero-order valence-electron chi connectivity index (χ0n) is 11.4. The van der Waals surface area contributed by atoms with Gasteiger partial charge in [-0.15, -0.1) is 0 Å². The van der Waals surface area contributed by atoms with Crippen molar-refractivity contribution in [2.75, 3.05) is 13.1 Å². The molecule has 6 heteroatoms. The van der Waals surface area contributed by atoms with Gasteiger partial charge in [0.15, 0.2) is 0 Å². The monoisotopic (exact) mass is 283 g/mol. The summed E-state index contributed by atoms with van der Waals surface area (Å²) in [5.74, 6) is 0.0266. The van der Waals surface area contributed by atoms with Crippen molar-refractivity contribution in [2.45, 2.75) is 31.9 Å². The third-order valence-electron chi connectivity index (χ3n) is 4.07. The average molecular weight is 283 g/mol. The van der Waals surface area contributed by atoms with Crippen LogP contribution in [-0.2, 0) is 5.41 Å². The predicted octanol–water partition coefficient (Wildman–Crippen LogP) is 2.97. The molecule has 3 nitrogen and oxygen atoms in total. The molecule has 0 radical (unpaired) electrons. The van der Waals surface area contributed by atoms with Crippen LogP contribution in [0.3, 0.4) is 0 Å². The Morgan fingerprint density at radius 3 is 2.60 bits per heavy atom. The molecule has 1 aliphatic heterocycles. The van der Waals surface area contributed by atoms with E-state index in [9.17, 15) is 13.2 Å². The van der Waals surface area contributed by atoms with Crippen LogP contribution in [0.25, 0.3) is 11.0 Å². The van der Waals surface area contributed by atoms with Crippen LogP contribution >= 0.6 is 0 Å². The van der Waals surface area contributed by atoms with Gasteiger partial charge in [-0.1, -0.05) is 6.07 Å². The van der Waals surface area contributed by atoms with Crippen LogP contribution < -0.4 is 5.32 Å². The molecular weight excluding hydrogens is 267 g/mol. The molecule has 1 aliphatic rings. The summed E-state index contributed by atoms with van der Waals surface area (Å²) in [5.41, 5.74) is 1.31. The highest BCUT2D eigenvalue weighted by atomic mass is 19.4. The van der Waals surface area contributed by atoms with Gasteiger partial charge in [0.25, 0.3) is 0 Å². The number of fused-ring (bicyclic) bond motifs is 1. The lowest BCUT2D eigenvalue weighted by Crippen LogP contribution is -2.45. The van der Waals surface area contributed by atoms with E-state index in [-0.39, 0.29) is 18.8 Å². The van der Waals surface area contributed by atoms with Crippen LogP contribution in [0.2, 0.25) is 0 Å². The number of aromatic amines is 1. The van der Waals surface area contributed by atoms with E-state index < -0.39 is 11.6 Å². The summed E-state index contributed by atoms with van der Waals surface area (Å²) in [4.78, 5) is 7.15. The number of aromatic nitrogens is 2. The Labute approximate surface area is 114 Å². The Balaban J connectivity index is 2.20. The van der Waals surface area contributed by atoms with Crippen molar-refractivity contribution in [1.29, 1.82) is 0 Å². The van der Waals surface area contributed by atoms with Crippen molar-refractivity contribution in [2.24, 2.45) is 0 Å². The molecular formula is C14H16F3N3. The Morgan fingerprint density at radius 2 is 2.00 bits per heavy atom. The summed E-state index contributed by atoms with van der Waals surface area (Å²) in [6.07, 6.45) is -4.29. The molecule has 2 aromatic rings. The highest BCUT2D eigenvalue weighted by Gasteiger charge is 2.59. The van der Waals surface area contributed by atoms with Crippen molar-refractivity contribution >= 4 is 11.0 Å². The maximum Gasteiger partial charge on any atom is 0.402 e. The van der Waals surface area contributed by atoms with Crippen LogP contribution in [0.5, 0.6) is 0 Å². The fraction of sp³-hybridized carbons (Fsp3) is 0.500. The maximum absolute atomic E-state index is 13.5. The summed E-state index contributed by atoms with van der Waals surface area (Å²) >= 11 is 0. The van der Waals surface area contributed by atoms with Crippen molar-refractivity contribution < 1.29 is 13.2 Å². The number of H-pyrrole nitrogens is 1. The van der Waals surface area contributed by atoms with E-state index in [1.165, 1.54) is 0 Å². The van der Waals surface area contributed by atoms with Gasteiger partial charge < -0.3 is 10.3 Å². The van der Waals surface area contributed by atoms with E-state index in [1.807, 2.05) is 26.0 Å². The Hall–Kier alpha value is -1.56. The topological polar surface area (TPSA) is 40.7 Å². The van der Waals surface area contributed by atoms with E-state index in [1.54, 1.807) is 0 Å². The normalized spacial score (nSPS) is 23.6. The lowest BCUT2D eigenvalue weighted by molar-refractivity contribution is -0.186. The molecule has 0 amide bonds. The first kappa shape index (κ1) is 13.4. The minimum Gasteiger partial charge on any atom is -0.341 e. The summed E-state index contributed by atoms with van der Waals surface area (Å²) in [6.45, 7) is 4.03. The number of aryl methyl sites for hydroxylation is 2. The molecule has 1 aromatic heterocycles. The molecule has 20 heavy (non-hydrogen) atoms. The lowest BCUT2D eigenvalue weighted by atomic mass is 9.85. The molecule has 1 atom stereocenters. The van der Waals surface area contributed by atoms with Gasteiger partial charge >= 0.3 is 6.18 Å². The molecule has 3 rings (SSSR count). The number of rotatable bonds is 1. The number of nitrogens with zero attached hydrogens (tertiary/aromatic N) is 1. The van der Waals surface area contributed by atoms with Gasteiger partial charge in [0.1, 0.15) is 11.2 Å². The molecule has 1 unspecified atom stereocenters. The van der Waals surface area contributed by atoms with E-state index in [2.05, 4.69) is 15.3 Å². The van der Waals surface area contributed by atoms with Crippen LogP contribution in [0.1, 0.15) is 23.4 Å². The molecule has 0 saturated carbocycles. The minimum atomic E-state index is -4.31. The van der Waals surface area contributed by atoms with Gasteiger partial charge in [0.05, 0.1) is 11.0 Å². The summed E-state index contributed by atoms with van der Waals surface area (Å²) in [6, 6.07) is 3.77. The van der Waals surface area contributed by atoms with Gasteiger partial charge in [0.2, 0.25) is 0 Å². The van der Waals surface area contributed by atoms with E-state index in [0.29, 0.717) is 17.6 Å². The molecule has 1 aromatic carbocycles. The second-order valence-corrected chi connectivity index (χ2v) is 5.57. The standard InChI is InChI=1S/C14H16F3N3/c1-8-5-9(2)11-10(6-8)19-12(20-11)13(14(15,16)17)3-4-18-7-13/h5-6,18H,3-4,7H2,1-2H3,(H,19,20). The van der Waals surface area contributed by atoms with Crippen LogP contribution in [0.4, 0.5) is 13.2 Å². The Bertz CT molecular complexity index is 651. The third kappa shape index (κ3) is 1.82. The third-order valence-corrected chi connectivity index (χ3v) is 4.07. The molecule has 1 fully saturated rings. The summed E-state index contributed by atoms with van der Waals surface area (Å²) < 4.78 is 40.5. The van der Waals surface area contributed by atoms with E-state index >= 15 is 0 Å². The zero-order valence-corrected chi connectivity index (χ0v) is 11.4. The van der Waals surface area contributed by atoms with Gasteiger partial charge in [-0.3, -0.25) is 0 Å². The maximum atomic E-state index is 13.5. The molecule has 108 valence electrons. The lowest BCUT2D eigenvalue weighted by Gasteiger charge is -2.28. The summed E-state index contributed by atoms with van der Waals surface area (Å²) in [5, 5.41) is 2.81. The van der Waals surface area contributed by atoms with Crippen molar-refractivity contribution in [1.82, 2.24) is 15.3 Å². The largest absolute Gasteiger partial charge is 0.402 e. The predicted molar refractivity (Wildman–Crippen MR) is 70.8 cm³/mol.